The van der Waals surface area contributed by atoms with Gasteiger partial charge in [-0.25, -0.2) is 0 Å². The fraction of sp³-hybridized carbons (Fsp3) is 0.412. The minimum absolute atomic E-state index is 0.0549. The number of esters is 1. The zero-order chi connectivity index (χ0) is 15.1. The van der Waals surface area contributed by atoms with Crippen LogP contribution in [0.2, 0.25) is 0 Å². The van der Waals surface area contributed by atoms with Gasteiger partial charge in [-0.05, 0) is 31.9 Å². The van der Waals surface area contributed by atoms with Crippen LogP contribution in [0.1, 0.15) is 33.6 Å². The lowest BCUT2D eigenvalue weighted by Crippen LogP contribution is -2.30. The summed E-state index contributed by atoms with van der Waals surface area (Å²) in [5, 5.41) is 0. The topological polar surface area (TPSA) is 43.4 Å². The average Bonchev–Trinajstić information content (AvgIpc) is 2.37. The Balaban J connectivity index is 2.88. The summed E-state index contributed by atoms with van der Waals surface area (Å²) in [5.74, 6) is 5.52. The molecule has 1 aliphatic carbocycles. The number of rotatable bonds is 3. The molecule has 0 N–H and O–H groups in total. The summed E-state index contributed by atoms with van der Waals surface area (Å²) < 4.78 is 5.30. The second kappa shape index (κ2) is 7.49. The van der Waals surface area contributed by atoms with Gasteiger partial charge in [-0.3, -0.25) is 9.59 Å². The van der Waals surface area contributed by atoms with Crippen molar-refractivity contribution in [1.29, 1.82) is 0 Å². The smallest absolute Gasteiger partial charge is 0.302 e. The van der Waals surface area contributed by atoms with Gasteiger partial charge in [-0.1, -0.05) is 30.1 Å². The quantitative estimate of drug-likeness (QED) is 0.450. The van der Waals surface area contributed by atoms with Crippen LogP contribution in [0.3, 0.4) is 0 Å². The zero-order valence-corrected chi connectivity index (χ0v) is 12.2. The third-order valence-corrected chi connectivity index (χ3v) is 3.03. The molecule has 0 aromatic carbocycles. The van der Waals surface area contributed by atoms with Gasteiger partial charge in [0.15, 0.2) is 0 Å². The molecule has 106 valence electrons. The summed E-state index contributed by atoms with van der Waals surface area (Å²) >= 11 is 0. The Morgan fingerprint density at radius 2 is 2.15 bits per heavy atom. The Kier molecular flexibility index (Phi) is 5.99. The summed E-state index contributed by atoms with van der Waals surface area (Å²) in [6.07, 6.45) is 5.19. The Bertz CT molecular complexity index is 522. The Labute approximate surface area is 120 Å². The van der Waals surface area contributed by atoms with Crippen LogP contribution >= 0.6 is 0 Å². The maximum absolute atomic E-state index is 11.2. The molecule has 0 spiro atoms. The van der Waals surface area contributed by atoms with E-state index in [1.165, 1.54) is 6.92 Å². The van der Waals surface area contributed by atoms with E-state index in [1.807, 2.05) is 26.0 Å². The standard InChI is InChI=1S/C17H20O3/c1-12(2)6-5-7-13(3)16-9-8-15(11-18)10-17(16)20-14(4)19/h6,8,11,16-17H,3,9-10H2,1-2,4H3/t16-,17+/m1/s1. The molecular weight excluding hydrogens is 252 g/mol. The zero-order valence-electron chi connectivity index (χ0n) is 12.2. The predicted molar refractivity (Wildman–Crippen MR) is 78.8 cm³/mol. The highest BCUT2D eigenvalue weighted by Crippen LogP contribution is 2.30. The Morgan fingerprint density at radius 1 is 1.45 bits per heavy atom. The molecule has 0 heterocycles. The highest BCUT2D eigenvalue weighted by molar-refractivity contribution is 5.74. The molecule has 20 heavy (non-hydrogen) atoms. The Morgan fingerprint density at radius 3 is 2.70 bits per heavy atom. The third-order valence-electron chi connectivity index (χ3n) is 3.03. The lowest BCUT2D eigenvalue weighted by atomic mass is 9.82. The first-order valence-electron chi connectivity index (χ1n) is 6.59. The van der Waals surface area contributed by atoms with Crippen molar-refractivity contribution in [2.24, 2.45) is 5.92 Å². The van der Waals surface area contributed by atoms with Gasteiger partial charge in [0.05, 0.1) is 0 Å². The molecular formula is C17H20O3. The lowest BCUT2D eigenvalue weighted by molar-refractivity contribution is -0.148. The molecule has 0 aliphatic heterocycles. The Hall–Kier alpha value is -2.08. The summed E-state index contributed by atoms with van der Waals surface area (Å²) in [6.45, 7) is 9.28. The fourth-order valence-electron chi connectivity index (χ4n) is 2.05. The summed E-state index contributed by atoms with van der Waals surface area (Å²) in [7, 11) is 0. The van der Waals surface area contributed by atoms with E-state index >= 15 is 0 Å². The van der Waals surface area contributed by atoms with E-state index in [9.17, 15) is 9.59 Å². The largest absolute Gasteiger partial charge is 0.462 e. The van der Waals surface area contributed by atoms with Crippen LogP contribution in [0.15, 0.2) is 35.5 Å². The van der Waals surface area contributed by atoms with Crippen LogP contribution in [0.25, 0.3) is 0 Å². The number of carbonyl (C=O) groups is 2. The number of carbonyl (C=O) groups excluding carboxylic acids is 2. The molecule has 1 aliphatic rings. The molecule has 1 rings (SSSR count). The first kappa shape index (κ1) is 16.0. The maximum atomic E-state index is 11.2. The van der Waals surface area contributed by atoms with Crippen LogP contribution in [0, 0.1) is 17.8 Å². The van der Waals surface area contributed by atoms with Crippen molar-refractivity contribution >= 4 is 12.3 Å². The lowest BCUT2D eigenvalue weighted by Gasteiger charge is -2.29. The summed E-state index contributed by atoms with van der Waals surface area (Å²) in [6, 6.07) is 0. The van der Waals surface area contributed by atoms with E-state index in [0.29, 0.717) is 18.4 Å². The van der Waals surface area contributed by atoms with Gasteiger partial charge in [-0.15, -0.1) is 0 Å². The summed E-state index contributed by atoms with van der Waals surface area (Å²) in [4.78, 5) is 22.0. The monoisotopic (exact) mass is 272 g/mol. The van der Waals surface area contributed by atoms with Crippen LogP contribution in [-0.4, -0.2) is 18.4 Å². The SMILES string of the molecule is C=C(C#CC=C(C)C)[C@H]1CC=C(C=O)C[C@@H]1OC(C)=O. The van der Waals surface area contributed by atoms with Crippen molar-refractivity contribution in [3.05, 3.63) is 35.5 Å². The number of allylic oxidation sites excluding steroid dienone is 3. The molecule has 3 nitrogen and oxygen atoms in total. The highest BCUT2D eigenvalue weighted by atomic mass is 16.5. The summed E-state index contributed by atoms with van der Waals surface area (Å²) in [5.41, 5.74) is 2.51. The van der Waals surface area contributed by atoms with Crippen molar-refractivity contribution in [1.82, 2.24) is 0 Å². The van der Waals surface area contributed by atoms with Gasteiger partial charge in [0.1, 0.15) is 12.4 Å². The normalized spacial score (nSPS) is 20.9. The van der Waals surface area contributed by atoms with E-state index in [-0.39, 0.29) is 18.0 Å². The maximum Gasteiger partial charge on any atom is 0.302 e. The molecule has 0 aromatic rings. The molecule has 0 fully saturated rings. The van der Waals surface area contributed by atoms with Gasteiger partial charge >= 0.3 is 5.97 Å². The van der Waals surface area contributed by atoms with Crippen molar-refractivity contribution < 1.29 is 14.3 Å². The molecule has 0 radical (unpaired) electrons. The van der Waals surface area contributed by atoms with Gasteiger partial charge in [0.25, 0.3) is 0 Å². The van der Waals surface area contributed by atoms with Gasteiger partial charge in [0, 0.05) is 24.8 Å². The van der Waals surface area contributed by atoms with E-state index in [2.05, 4.69) is 18.4 Å². The van der Waals surface area contributed by atoms with Gasteiger partial charge in [-0.2, -0.15) is 0 Å². The van der Waals surface area contributed by atoms with Crippen molar-refractivity contribution in [2.45, 2.75) is 39.7 Å². The van der Waals surface area contributed by atoms with Crippen molar-refractivity contribution in [3.8, 4) is 11.8 Å². The van der Waals surface area contributed by atoms with Crippen molar-refractivity contribution in [2.75, 3.05) is 0 Å². The van der Waals surface area contributed by atoms with Crippen LogP contribution < -0.4 is 0 Å². The second-order valence-electron chi connectivity index (χ2n) is 5.11. The van der Waals surface area contributed by atoms with E-state index in [1.54, 1.807) is 0 Å². The molecule has 0 saturated carbocycles. The van der Waals surface area contributed by atoms with Gasteiger partial charge in [0.2, 0.25) is 0 Å². The number of ether oxygens (including phenoxy) is 1. The average molecular weight is 272 g/mol. The van der Waals surface area contributed by atoms with Gasteiger partial charge < -0.3 is 4.74 Å². The predicted octanol–water partition coefficient (Wildman–Crippen LogP) is 2.98. The first-order valence-corrected chi connectivity index (χ1v) is 6.59. The number of hydrogen-bond acceptors (Lipinski definition) is 3. The molecule has 3 heteroatoms. The number of aldehydes is 1. The molecule has 0 bridgehead atoms. The third kappa shape index (κ3) is 4.89. The molecule has 0 saturated heterocycles. The highest BCUT2D eigenvalue weighted by Gasteiger charge is 2.29. The van der Waals surface area contributed by atoms with Crippen LogP contribution in [-0.2, 0) is 14.3 Å². The fourth-order valence-corrected chi connectivity index (χ4v) is 2.05. The van der Waals surface area contributed by atoms with Crippen molar-refractivity contribution in [3.63, 3.8) is 0 Å². The molecule has 0 aromatic heterocycles. The first-order chi connectivity index (χ1) is 9.43. The van der Waals surface area contributed by atoms with Crippen LogP contribution in [0.5, 0.6) is 0 Å². The minimum atomic E-state index is -0.355. The van der Waals surface area contributed by atoms with E-state index in [0.717, 1.165) is 17.4 Å². The molecule has 0 amide bonds. The minimum Gasteiger partial charge on any atom is -0.462 e. The van der Waals surface area contributed by atoms with E-state index < -0.39 is 0 Å². The van der Waals surface area contributed by atoms with Crippen LogP contribution in [0.4, 0.5) is 0 Å². The second-order valence-corrected chi connectivity index (χ2v) is 5.11. The number of hydrogen-bond donors (Lipinski definition) is 0. The molecule has 2 atom stereocenters. The van der Waals surface area contributed by atoms with E-state index in [4.69, 9.17) is 4.74 Å². The molecule has 0 unspecified atom stereocenters.